The molecule has 4 heterocycles. The average molecular weight is 555 g/mol. The molecule has 5 rings (SSSR count). The molecule has 2 aliphatic rings. The quantitative estimate of drug-likeness (QED) is 0.469. The van der Waals surface area contributed by atoms with Gasteiger partial charge < -0.3 is 29.5 Å². The van der Waals surface area contributed by atoms with E-state index in [1.165, 1.54) is 6.07 Å². The molecule has 2 aromatic heterocycles. The molecule has 1 aromatic carbocycles. The summed E-state index contributed by atoms with van der Waals surface area (Å²) >= 11 is 0. The molecule has 0 saturated carbocycles. The van der Waals surface area contributed by atoms with Gasteiger partial charge in [-0.25, -0.2) is 18.6 Å². The van der Waals surface area contributed by atoms with Crippen LogP contribution in [0.3, 0.4) is 0 Å². The normalized spacial score (nSPS) is 18.3. The summed E-state index contributed by atoms with van der Waals surface area (Å²) in [7, 11) is 0. The number of nitrogens with one attached hydrogen (secondary N) is 1. The van der Waals surface area contributed by atoms with Gasteiger partial charge in [0.05, 0.1) is 53.6 Å². The zero-order valence-corrected chi connectivity index (χ0v) is 23.6. The molecule has 2 saturated heterocycles. The molecule has 2 aliphatic heterocycles. The minimum absolute atomic E-state index is 0.157. The molecule has 0 spiro atoms. The first-order chi connectivity index (χ1) is 19.0. The number of pyridine rings is 2. The minimum atomic E-state index is -0.697. The van der Waals surface area contributed by atoms with Crippen LogP contribution in [-0.4, -0.2) is 78.5 Å². The lowest BCUT2D eigenvalue weighted by Gasteiger charge is -2.41. The number of anilines is 4. The molecule has 1 N–H and O–H groups in total. The number of carbonyl (C=O) groups excluding carboxylic acids is 1. The third-order valence-electron chi connectivity index (χ3n) is 7.15. The smallest absolute Gasteiger partial charge is 0.410 e. The largest absolute Gasteiger partial charge is 0.444 e. The maximum atomic E-state index is 15.2. The van der Waals surface area contributed by atoms with Crippen molar-refractivity contribution in [1.82, 2.24) is 14.9 Å². The highest BCUT2D eigenvalue weighted by Gasteiger charge is 2.32. The number of nitrogens with zero attached hydrogens (tertiary/aromatic N) is 5. The van der Waals surface area contributed by atoms with Crippen LogP contribution in [0.5, 0.6) is 0 Å². The highest BCUT2D eigenvalue weighted by molar-refractivity contribution is 5.97. The summed E-state index contributed by atoms with van der Waals surface area (Å²) in [5, 5.41) is 3.57. The van der Waals surface area contributed by atoms with E-state index < -0.39 is 17.2 Å². The van der Waals surface area contributed by atoms with Crippen molar-refractivity contribution in [2.24, 2.45) is 0 Å². The van der Waals surface area contributed by atoms with Gasteiger partial charge in [0.1, 0.15) is 23.1 Å². The first kappa shape index (κ1) is 27.8. The number of halogens is 2. The summed E-state index contributed by atoms with van der Waals surface area (Å²) in [6.07, 6.45) is 3.11. The minimum Gasteiger partial charge on any atom is -0.444 e. The Labute approximate surface area is 233 Å². The van der Waals surface area contributed by atoms with Crippen molar-refractivity contribution in [1.29, 1.82) is 0 Å². The van der Waals surface area contributed by atoms with E-state index in [1.807, 2.05) is 40.7 Å². The van der Waals surface area contributed by atoms with Crippen molar-refractivity contribution < 1.29 is 23.0 Å². The number of hydrogen-bond donors (Lipinski definition) is 1. The fourth-order valence-electron chi connectivity index (χ4n) is 5.23. The molecule has 1 atom stereocenters. The van der Waals surface area contributed by atoms with Crippen LogP contribution in [0.25, 0.3) is 10.9 Å². The van der Waals surface area contributed by atoms with E-state index in [0.29, 0.717) is 55.6 Å². The van der Waals surface area contributed by atoms with Gasteiger partial charge in [-0.05, 0) is 40.7 Å². The number of morpholine rings is 1. The standard InChI is InChI=1S/C29H36F2N6O3/c1-18-17-36(6-7-37(18)28(38)40-29(3,4)5)27-19(2)26(25-23(31)12-20(30)13-24(25)34-27)33-21-14-22(16-32-15-21)35-8-10-39-11-9-35/h12-16,18H,6-11,17H2,1-5H3,(H,33,34)/t18-/m1/s1. The van der Waals surface area contributed by atoms with Gasteiger partial charge >= 0.3 is 6.09 Å². The summed E-state index contributed by atoms with van der Waals surface area (Å²) in [6.45, 7) is 13.6. The average Bonchev–Trinajstić information content (AvgIpc) is 2.89. The van der Waals surface area contributed by atoms with Crippen molar-refractivity contribution in [3.8, 4) is 0 Å². The number of aromatic nitrogens is 2. The summed E-state index contributed by atoms with van der Waals surface area (Å²) in [6, 6.07) is 3.93. The number of hydrogen-bond acceptors (Lipinski definition) is 8. The van der Waals surface area contributed by atoms with Gasteiger partial charge in [-0.3, -0.25) is 4.98 Å². The fourth-order valence-corrected chi connectivity index (χ4v) is 5.23. The van der Waals surface area contributed by atoms with E-state index in [0.717, 1.165) is 24.8 Å². The molecule has 40 heavy (non-hydrogen) atoms. The molecule has 0 unspecified atom stereocenters. The second-order valence-electron chi connectivity index (χ2n) is 11.3. The molecule has 11 heteroatoms. The first-order valence-electron chi connectivity index (χ1n) is 13.6. The highest BCUT2D eigenvalue weighted by Crippen LogP contribution is 2.37. The van der Waals surface area contributed by atoms with Gasteiger partial charge in [0.25, 0.3) is 0 Å². The number of fused-ring (bicyclic) bond motifs is 1. The summed E-state index contributed by atoms with van der Waals surface area (Å²) in [5.74, 6) is -0.787. The molecular weight excluding hydrogens is 518 g/mol. The molecule has 0 bridgehead atoms. The molecule has 9 nitrogen and oxygen atoms in total. The Balaban J connectivity index is 1.48. The highest BCUT2D eigenvalue weighted by atomic mass is 19.1. The second-order valence-corrected chi connectivity index (χ2v) is 11.3. The lowest BCUT2D eigenvalue weighted by atomic mass is 10.1. The Morgan fingerprint density at radius 2 is 1.82 bits per heavy atom. The van der Waals surface area contributed by atoms with E-state index in [4.69, 9.17) is 14.5 Å². The van der Waals surface area contributed by atoms with E-state index >= 15 is 4.39 Å². The van der Waals surface area contributed by atoms with Crippen LogP contribution in [0, 0.1) is 18.6 Å². The number of piperazine rings is 1. The lowest BCUT2D eigenvalue weighted by Crippen LogP contribution is -2.55. The number of ether oxygens (including phenoxy) is 2. The van der Waals surface area contributed by atoms with Crippen LogP contribution < -0.4 is 15.1 Å². The van der Waals surface area contributed by atoms with Crippen molar-refractivity contribution in [3.63, 3.8) is 0 Å². The predicted octanol–water partition coefficient (Wildman–Crippen LogP) is 5.24. The monoisotopic (exact) mass is 554 g/mol. The van der Waals surface area contributed by atoms with E-state index in [1.54, 1.807) is 17.3 Å². The van der Waals surface area contributed by atoms with E-state index in [2.05, 4.69) is 20.1 Å². The van der Waals surface area contributed by atoms with E-state index in [9.17, 15) is 9.18 Å². The van der Waals surface area contributed by atoms with Crippen molar-refractivity contribution >= 4 is 39.9 Å². The Morgan fingerprint density at radius 1 is 1.07 bits per heavy atom. The maximum Gasteiger partial charge on any atom is 0.410 e. The molecule has 2 fully saturated rings. The third-order valence-corrected chi connectivity index (χ3v) is 7.15. The molecule has 0 radical (unpaired) electrons. The third kappa shape index (κ3) is 5.89. The predicted molar refractivity (Wildman–Crippen MR) is 152 cm³/mol. The summed E-state index contributed by atoms with van der Waals surface area (Å²) < 4.78 is 40.6. The fraction of sp³-hybridized carbons (Fsp3) is 0.483. The zero-order valence-electron chi connectivity index (χ0n) is 23.6. The topological polar surface area (TPSA) is 83.1 Å². The molecule has 1 amide bonds. The van der Waals surface area contributed by atoms with E-state index in [-0.39, 0.29) is 23.0 Å². The Kier molecular flexibility index (Phi) is 7.67. The molecule has 3 aromatic rings. The zero-order chi connectivity index (χ0) is 28.6. The SMILES string of the molecule is Cc1c(N2CCN(C(=O)OC(C)(C)C)[C@H](C)C2)nc2cc(F)cc(F)c2c1Nc1cncc(N2CCOCC2)c1. The van der Waals surface area contributed by atoms with Crippen LogP contribution in [0.15, 0.2) is 30.6 Å². The number of amides is 1. The van der Waals surface area contributed by atoms with Crippen LogP contribution in [-0.2, 0) is 9.47 Å². The number of rotatable bonds is 4. The Bertz CT molecular complexity index is 1410. The summed E-state index contributed by atoms with van der Waals surface area (Å²) in [5.41, 5.74) is 2.45. The first-order valence-corrected chi connectivity index (χ1v) is 13.6. The Morgan fingerprint density at radius 3 is 2.52 bits per heavy atom. The van der Waals surface area contributed by atoms with Gasteiger partial charge in [-0.1, -0.05) is 0 Å². The number of carbonyl (C=O) groups is 1. The molecule has 0 aliphatic carbocycles. The molecular formula is C29H36F2N6O3. The van der Waals surface area contributed by atoms with Crippen molar-refractivity contribution in [2.75, 3.05) is 61.1 Å². The maximum absolute atomic E-state index is 15.2. The lowest BCUT2D eigenvalue weighted by molar-refractivity contribution is 0.0158. The van der Waals surface area contributed by atoms with Crippen molar-refractivity contribution in [2.45, 2.75) is 46.3 Å². The summed E-state index contributed by atoms with van der Waals surface area (Å²) in [4.78, 5) is 27.8. The number of benzene rings is 1. The second kappa shape index (κ2) is 11.0. The van der Waals surface area contributed by atoms with Gasteiger partial charge in [0.15, 0.2) is 0 Å². The van der Waals surface area contributed by atoms with Gasteiger partial charge in [0, 0.05) is 56.5 Å². The Hall–Kier alpha value is -3.73. The van der Waals surface area contributed by atoms with Crippen LogP contribution in [0.1, 0.15) is 33.3 Å². The van der Waals surface area contributed by atoms with Gasteiger partial charge in [-0.2, -0.15) is 0 Å². The van der Waals surface area contributed by atoms with Gasteiger partial charge in [-0.15, -0.1) is 0 Å². The molecule has 214 valence electrons. The van der Waals surface area contributed by atoms with Crippen LogP contribution >= 0.6 is 0 Å². The van der Waals surface area contributed by atoms with Crippen LogP contribution in [0.4, 0.5) is 36.5 Å². The van der Waals surface area contributed by atoms with Crippen LogP contribution in [0.2, 0.25) is 0 Å². The van der Waals surface area contributed by atoms with Crippen molar-refractivity contribution in [3.05, 3.63) is 47.8 Å². The van der Waals surface area contributed by atoms with Gasteiger partial charge in [0.2, 0.25) is 0 Å².